The first-order valence-electron chi connectivity index (χ1n) is 15.1. The van der Waals surface area contributed by atoms with Gasteiger partial charge in [-0.3, -0.25) is 14.6 Å². The summed E-state index contributed by atoms with van der Waals surface area (Å²) in [5.41, 5.74) is 14.0. The van der Waals surface area contributed by atoms with Crippen LogP contribution < -0.4 is 15.2 Å². The number of nitrogens with zero attached hydrogens (tertiary/aromatic N) is 2. The summed E-state index contributed by atoms with van der Waals surface area (Å²) in [4.78, 5) is 18.2. The van der Waals surface area contributed by atoms with E-state index in [1.54, 1.807) is 0 Å². The predicted molar refractivity (Wildman–Crippen MR) is 173 cm³/mol. The van der Waals surface area contributed by atoms with E-state index in [1.807, 2.05) is 43.3 Å². The van der Waals surface area contributed by atoms with Gasteiger partial charge in [-0.15, -0.1) is 0 Å². The summed E-state index contributed by atoms with van der Waals surface area (Å²) in [6.07, 6.45) is 3.20. The van der Waals surface area contributed by atoms with Gasteiger partial charge >= 0.3 is 0 Å². The number of benzene rings is 3. The minimum Gasteiger partial charge on any atom is -0.490 e. The lowest BCUT2D eigenvalue weighted by molar-refractivity contribution is -0.116. The Kier molecular flexibility index (Phi) is 8.74. The highest BCUT2D eigenvalue weighted by Gasteiger charge is 2.48. The Morgan fingerprint density at radius 2 is 1.63 bits per heavy atom. The minimum atomic E-state index is -0.316. The van der Waals surface area contributed by atoms with Crippen LogP contribution >= 0.6 is 23.2 Å². The molecule has 0 spiro atoms. The summed E-state index contributed by atoms with van der Waals surface area (Å²) >= 11 is 12.6. The van der Waals surface area contributed by atoms with Gasteiger partial charge in [0.15, 0.2) is 5.75 Å². The van der Waals surface area contributed by atoms with Gasteiger partial charge in [0.1, 0.15) is 19.0 Å². The number of carbonyl (C=O) groups excluding carboxylic acids is 1. The van der Waals surface area contributed by atoms with E-state index < -0.39 is 0 Å². The van der Waals surface area contributed by atoms with Crippen molar-refractivity contribution in [3.8, 4) is 11.5 Å². The molecule has 0 unspecified atom stereocenters. The molecule has 2 aliphatic heterocycles. The molecule has 6 rings (SSSR count). The Morgan fingerprint density at radius 3 is 2.30 bits per heavy atom. The van der Waals surface area contributed by atoms with Crippen molar-refractivity contribution in [1.82, 2.24) is 9.80 Å². The highest BCUT2D eigenvalue weighted by molar-refractivity contribution is 6.37. The number of aryl methyl sites for hydroxylation is 2. The smallest absolute Gasteiger partial charge is 0.246 e. The number of rotatable bonds is 10. The van der Waals surface area contributed by atoms with Crippen LogP contribution in [0.25, 0.3) is 5.57 Å². The van der Waals surface area contributed by atoms with Crippen molar-refractivity contribution in [2.24, 2.45) is 5.73 Å². The van der Waals surface area contributed by atoms with Crippen LogP contribution in [0.1, 0.15) is 47.1 Å². The SMILES string of the molecule is Cc1cc(Cl)c(OCCOc2ccc(C3=C(C(N)=O)[C@@H]4CN(Cc5cccc(C)c5C)C[C@@H](C3)N4C3CC3)cc2)c(Cl)c1. The molecule has 2 atom stereocenters. The number of piperazine rings is 1. The molecule has 1 saturated heterocycles. The van der Waals surface area contributed by atoms with E-state index in [9.17, 15) is 4.79 Å². The van der Waals surface area contributed by atoms with Gasteiger partial charge in [-0.2, -0.15) is 0 Å². The second kappa shape index (κ2) is 12.5. The van der Waals surface area contributed by atoms with Crippen LogP contribution in [-0.2, 0) is 11.3 Å². The fraction of sp³-hybridized carbons (Fsp3) is 0.400. The predicted octanol–water partition coefficient (Wildman–Crippen LogP) is 6.74. The molecule has 2 fully saturated rings. The van der Waals surface area contributed by atoms with Crippen LogP contribution in [0.2, 0.25) is 10.0 Å². The van der Waals surface area contributed by atoms with Crippen molar-refractivity contribution in [2.75, 3.05) is 26.3 Å². The van der Waals surface area contributed by atoms with Crippen molar-refractivity contribution in [3.63, 3.8) is 0 Å². The monoisotopic (exact) mass is 619 g/mol. The first kappa shape index (κ1) is 30.0. The molecule has 2 heterocycles. The van der Waals surface area contributed by atoms with E-state index in [1.165, 1.54) is 29.5 Å². The zero-order chi connectivity index (χ0) is 30.2. The number of primary amides is 1. The molecular weight excluding hydrogens is 581 g/mol. The molecule has 6 nitrogen and oxygen atoms in total. The number of amides is 1. The van der Waals surface area contributed by atoms with Gasteiger partial charge in [-0.1, -0.05) is 53.5 Å². The third-order valence-corrected chi connectivity index (χ3v) is 9.63. The maximum absolute atomic E-state index is 13.1. The van der Waals surface area contributed by atoms with Crippen molar-refractivity contribution < 1.29 is 14.3 Å². The molecule has 3 aliphatic rings. The third kappa shape index (κ3) is 6.44. The molecule has 226 valence electrons. The molecule has 2 N–H and O–H groups in total. The Balaban J connectivity index is 1.17. The highest BCUT2D eigenvalue weighted by Crippen LogP contribution is 2.44. The number of fused-ring (bicyclic) bond motifs is 2. The highest BCUT2D eigenvalue weighted by atomic mass is 35.5. The van der Waals surface area contributed by atoms with Gasteiger partial charge in [0.2, 0.25) is 5.91 Å². The first-order chi connectivity index (χ1) is 20.7. The number of hydrogen-bond donors (Lipinski definition) is 1. The summed E-state index contributed by atoms with van der Waals surface area (Å²) in [5, 5.41) is 0.970. The van der Waals surface area contributed by atoms with Gasteiger partial charge in [-0.05, 0) is 97.7 Å². The van der Waals surface area contributed by atoms with E-state index >= 15 is 0 Å². The fourth-order valence-corrected chi connectivity index (χ4v) is 7.47. The lowest BCUT2D eigenvalue weighted by atomic mass is 9.81. The van der Waals surface area contributed by atoms with Crippen molar-refractivity contribution >= 4 is 34.7 Å². The van der Waals surface area contributed by atoms with Gasteiger partial charge in [0, 0.05) is 37.3 Å². The zero-order valence-electron chi connectivity index (χ0n) is 25.0. The first-order valence-corrected chi connectivity index (χ1v) is 15.8. The fourth-order valence-electron chi connectivity index (χ4n) is 6.76. The summed E-state index contributed by atoms with van der Waals surface area (Å²) in [6.45, 7) is 9.62. The third-order valence-electron chi connectivity index (χ3n) is 9.07. The van der Waals surface area contributed by atoms with Crippen LogP contribution in [0.5, 0.6) is 11.5 Å². The van der Waals surface area contributed by atoms with Gasteiger partial charge in [0.05, 0.1) is 16.1 Å². The Hall–Kier alpha value is -3.03. The lowest BCUT2D eigenvalue weighted by Gasteiger charge is -2.51. The molecule has 0 radical (unpaired) electrons. The van der Waals surface area contributed by atoms with Crippen LogP contribution in [-0.4, -0.2) is 60.1 Å². The molecular formula is C35H39Cl2N3O3. The summed E-state index contributed by atoms with van der Waals surface area (Å²) in [6, 6.07) is 19.1. The quantitative estimate of drug-likeness (QED) is 0.255. The molecule has 1 aliphatic carbocycles. The Bertz CT molecular complexity index is 1530. The molecule has 3 aromatic rings. The maximum atomic E-state index is 13.1. The molecule has 1 amide bonds. The molecule has 43 heavy (non-hydrogen) atoms. The van der Waals surface area contributed by atoms with Crippen LogP contribution in [0, 0.1) is 20.8 Å². The molecule has 3 aromatic carbocycles. The Labute approximate surface area is 264 Å². The summed E-state index contributed by atoms with van der Waals surface area (Å²) < 4.78 is 11.7. The summed E-state index contributed by atoms with van der Waals surface area (Å²) in [7, 11) is 0. The zero-order valence-corrected chi connectivity index (χ0v) is 26.5. The Morgan fingerprint density at radius 1 is 0.930 bits per heavy atom. The molecule has 0 aromatic heterocycles. The number of carbonyl (C=O) groups is 1. The minimum absolute atomic E-state index is 0.00566. The van der Waals surface area contributed by atoms with Crippen LogP contribution in [0.15, 0.2) is 60.2 Å². The number of nitrogens with two attached hydrogens (primary N) is 1. The van der Waals surface area contributed by atoms with Crippen molar-refractivity contribution in [2.45, 2.75) is 64.7 Å². The van der Waals surface area contributed by atoms with E-state index in [0.717, 1.165) is 54.1 Å². The van der Waals surface area contributed by atoms with E-state index in [2.05, 4.69) is 41.8 Å². The van der Waals surface area contributed by atoms with Gasteiger partial charge in [-0.25, -0.2) is 0 Å². The van der Waals surface area contributed by atoms with Crippen LogP contribution in [0.4, 0.5) is 0 Å². The van der Waals surface area contributed by atoms with Crippen molar-refractivity contribution in [3.05, 3.63) is 98.0 Å². The standard InChI is InChI=1S/C35H39Cl2N3O3/c1-21-15-30(36)34(31(37)16-21)43-14-13-42-28-11-7-24(8-12-28)29-17-27-19-39(18-25-6-4-5-22(2)23(25)3)20-32(33(29)35(38)41)40(27)26-9-10-26/h4-8,11-12,15-16,26-27,32H,9-10,13-14,17-20H2,1-3H3,(H2,38,41)/t27-,32+/m1/s1. The van der Waals surface area contributed by atoms with Gasteiger partial charge in [0.25, 0.3) is 0 Å². The topological polar surface area (TPSA) is 68.0 Å². The summed E-state index contributed by atoms with van der Waals surface area (Å²) in [5.74, 6) is 0.878. The lowest BCUT2D eigenvalue weighted by Crippen LogP contribution is -2.63. The van der Waals surface area contributed by atoms with E-state index in [4.69, 9.17) is 38.4 Å². The van der Waals surface area contributed by atoms with Crippen LogP contribution in [0.3, 0.4) is 0 Å². The number of halogens is 2. The second-order valence-electron chi connectivity index (χ2n) is 12.1. The number of hydrogen-bond acceptors (Lipinski definition) is 5. The molecule has 2 bridgehead atoms. The average molecular weight is 621 g/mol. The molecule has 8 heteroatoms. The normalized spacial score (nSPS) is 20.8. The van der Waals surface area contributed by atoms with Gasteiger partial charge < -0.3 is 15.2 Å². The van der Waals surface area contributed by atoms with E-state index in [-0.39, 0.29) is 11.9 Å². The second-order valence-corrected chi connectivity index (χ2v) is 13.0. The average Bonchev–Trinajstić information content (AvgIpc) is 3.79. The number of ether oxygens (including phenoxy) is 2. The van der Waals surface area contributed by atoms with Crippen molar-refractivity contribution in [1.29, 1.82) is 0 Å². The van der Waals surface area contributed by atoms with E-state index in [0.29, 0.717) is 41.1 Å². The molecule has 1 saturated carbocycles. The largest absolute Gasteiger partial charge is 0.490 e. The maximum Gasteiger partial charge on any atom is 0.246 e.